The molecule has 154 valence electrons. The van der Waals surface area contributed by atoms with Gasteiger partial charge in [-0.15, -0.1) is 0 Å². The van der Waals surface area contributed by atoms with E-state index in [0.29, 0.717) is 21.4 Å². The van der Waals surface area contributed by atoms with Crippen molar-refractivity contribution in [2.75, 3.05) is 5.32 Å². The normalized spacial score (nSPS) is 10.6. The number of halogens is 2. The summed E-state index contributed by atoms with van der Waals surface area (Å²) in [7, 11) is 0. The number of non-ortho nitro benzene ring substituents is 1. The molecule has 0 spiro atoms. The standard InChI is InChI=1S/C22H13BrClN3O3S/c23-16-7-1-15(2-8-16)21(28)26-22-25-19(13-3-9-17(24)10-4-13)20(31-22)14-5-11-18(12-6-14)27(29)30/h1-12H,(H,25,26,28). The lowest BCUT2D eigenvalue weighted by Crippen LogP contribution is -2.11. The molecule has 0 aliphatic carbocycles. The van der Waals surface area contributed by atoms with Crippen LogP contribution in [0.15, 0.2) is 77.3 Å². The highest BCUT2D eigenvalue weighted by molar-refractivity contribution is 9.10. The molecule has 1 N–H and O–H groups in total. The molecule has 1 aromatic heterocycles. The number of nitro benzene ring substituents is 1. The number of carbonyl (C=O) groups is 1. The zero-order valence-electron chi connectivity index (χ0n) is 15.7. The van der Waals surface area contributed by atoms with Crippen molar-refractivity contribution < 1.29 is 9.72 Å². The van der Waals surface area contributed by atoms with E-state index < -0.39 is 4.92 Å². The van der Waals surface area contributed by atoms with Crippen molar-refractivity contribution in [1.82, 2.24) is 4.98 Å². The van der Waals surface area contributed by atoms with Gasteiger partial charge in [0.05, 0.1) is 15.5 Å². The fourth-order valence-electron chi connectivity index (χ4n) is 2.88. The van der Waals surface area contributed by atoms with Gasteiger partial charge < -0.3 is 0 Å². The molecule has 0 aliphatic rings. The summed E-state index contributed by atoms with van der Waals surface area (Å²) in [5.74, 6) is -0.279. The fraction of sp³-hybridized carbons (Fsp3) is 0. The lowest BCUT2D eigenvalue weighted by Gasteiger charge is -2.03. The first kappa shape index (κ1) is 21.2. The second-order valence-electron chi connectivity index (χ2n) is 6.47. The van der Waals surface area contributed by atoms with Gasteiger partial charge in [-0.1, -0.05) is 51.0 Å². The molecule has 3 aromatic carbocycles. The maximum Gasteiger partial charge on any atom is 0.269 e. The Balaban J connectivity index is 1.72. The molecule has 9 heteroatoms. The van der Waals surface area contributed by atoms with Crippen molar-refractivity contribution in [1.29, 1.82) is 0 Å². The maximum atomic E-state index is 12.6. The van der Waals surface area contributed by atoms with Crippen LogP contribution in [0, 0.1) is 10.1 Å². The van der Waals surface area contributed by atoms with Gasteiger partial charge >= 0.3 is 0 Å². The summed E-state index contributed by atoms with van der Waals surface area (Å²) in [5, 5.41) is 14.8. The van der Waals surface area contributed by atoms with Crippen molar-refractivity contribution in [3.05, 3.63) is 98.0 Å². The van der Waals surface area contributed by atoms with Crippen LogP contribution in [0.1, 0.15) is 10.4 Å². The van der Waals surface area contributed by atoms with E-state index >= 15 is 0 Å². The molecule has 4 aromatic rings. The van der Waals surface area contributed by atoms with Gasteiger partial charge in [0.1, 0.15) is 0 Å². The van der Waals surface area contributed by atoms with Gasteiger partial charge in [0, 0.05) is 32.8 Å². The number of nitrogens with zero attached hydrogens (tertiary/aromatic N) is 2. The van der Waals surface area contributed by atoms with E-state index in [1.165, 1.54) is 23.5 Å². The number of amides is 1. The third kappa shape index (κ3) is 4.82. The van der Waals surface area contributed by atoms with Crippen molar-refractivity contribution in [2.24, 2.45) is 0 Å². The third-order valence-electron chi connectivity index (χ3n) is 4.41. The van der Waals surface area contributed by atoms with E-state index in [1.807, 2.05) is 12.1 Å². The molecule has 0 saturated heterocycles. The Bertz CT molecular complexity index is 1260. The van der Waals surface area contributed by atoms with Gasteiger partial charge in [-0.25, -0.2) is 4.98 Å². The van der Waals surface area contributed by atoms with Crippen LogP contribution >= 0.6 is 38.9 Å². The molecular weight excluding hydrogens is 502 g/mol. The Morgan fingerprint density at radius 3 is 2.19 bits per heavy atom. The number of anilines is 1. The molecule has 0 bridgehead atoms. The Morgan fingerprint density at radius 2 is 1.58 bits per heavy atom. The summed E-state index contributed by atoms with van der Waals surface area (Å²) in [5.41, 5.74) is 2.74. The zero-order valence-corrected chi connectivity index (χ0v) is 18.9. The Labute approximate surface area is 194 Å². The number of thiazole rings is 1. The summed E-state index contributed by atoms with van der Waals surface area (Å²) < 4.78 is 0.879. The van der Waals surface area contributed by atoms with E-state index in [-0.39, 0.29) is 11.6 Å². The number of benzene rings is 3. The van der Waals surface area contributed by atoms with Crippen LogP contribution in [0.2, 0.25) is 5.02 Å². The van der Waals surface area contributed by atoms with Crippen molar-refractivity contribution in [3.8, 4) is 21.7 Å². The van der Waals surface area contributed by atoms with Crippen LogP contribution in [0.25, 0.3) is 21.7 Å². The topological polar surface area (TPSA) is 85.1 Å². The molecule has 31 heavy (non-hydrogen) atoms. The summed E-state index contributed by atoms with van der Waals surface area (Å²) in [4.78, 5) is 28.6. The predicted molar refractivity (Wildman–Crippen MR) is 127 cm³/mol. The molecule has 0 aliphatic heterocycles. The minimum Gasteiger partial charge on any atom is -0.298 e. The SMILES string of the molecule is O=C(Nc1nc(-c2ccc(Cl)cc2)c(-c2ccc([N+](=O)[O-])cc2)s1)c1ccc(Br)cc1. The summed E-state index contributed by atoms with van der Waals surface area (Å²) >= 11 is 10.7. The maximum absolute atomic E-state index is 12.6. The second-order valence-corrected chi connectivity index (χ2v) is 8.82. The largest absolute Gasteiger partial charge is 0.298 e. The molecule has 0 saturated carbocycles. The van der Waals surface area contributed by atoms with E-state index in [4.69, 9.17) is 11.6 Å². The minimum absolute atomic E-state index is 0.00470. The molecule has 6 nitrogen and oxygen atoms in total. The van der Waals surface area contributed by atoms with Gasteiger partial charge in [0.25, 0.3) is 11.6 Å². The van der Waals surface area contributed by atoms with E-state index in [2.05, 4.69) is 26.2 Å². The summed E-state index contributed by atoms with van der Waals surface area (Å²) in [6.45, 7) is 0. The molecule has 0 fully saturated rings. The van der Waals surface area contributed by atoms with Crippen molar-refractivity contribution in [3.63, 3.8) is 0 Å². The highest BCUT2D eigenvalue weighted by Gasteiger charge is 2.18. The first-order valence-corrected chi connectivity index (χ1v) is 11.0. The van der Waals surface area contributed by atoms with Gasteiger partial charge in [-0.2, -0.15) is 0 Å². The fourth-order valence-corrected chi connectivity index (χ4v) is 4.26. The van der Waals surface area contributed by atoms with E-state index in [9.17, 15) is 14.9 Å². The molecular formula is C22H13BrClN3O3S. The molecule has 0 unspecified atom stereocenters. The number of carbonyl (C=O) groups excluding carboxylic acids is 1. The van der Waals surface area contributed by atoms with Crippen LogP contribution in [0.5, 0.6) is 0 Å². The number of aromatic nitrogens is 1. The Hall–Kier alpha value is -3.07. The van der Waals surface area contributed by atoms with Crippen LogP contribution in [0.4, 0.5) is 10.8 Å². The van der Waals surface area contributed by atoms with Gasteiger partial charge in [0.15, 0.2) is 5.13 Å². The van der Waals surface area contributed by atoms with Gasteiger partial charge in [0.2, 0.25) is 0 Å². The zero-order chi connectivity index (χ0) is 22.0. The van der Waals surface area contributed by atoms with E-state index in [0.717, 1.165) is 20.5 Å². The quantitative estimate of drug-likeness (QED) is 0.228. The summed E-state index contributed by atoms with van der Waals surface area (Å²) in [6, 6.07) is 20.4. The molecule has 0 radical (unpaired) electrons. The van der Waals surface area contributed by atoms with Gasteiger partial charge in [-0.05, 0) is 54.1 Å². The Morgan fingerprint density at radius 1 is 0.968 bits per heavy atom. The average Bonchev–Trinajstić information content (AvgIpc) is 3.18. The number of hydrogen-bond donors (Lipinski definition) is 1. The lowest BCUT2D eigenvalue weighted by molar-refractivity contribution is -0.384. The highest BCUT2D eigenvalue weighted by Crippen LogP contribution is 2.40. The summed E-state index contributed by atoms with van der Waals surface area (Å²) in [6.07, 6.45) is 0. The number of hydrogen-bond acceptors (Lipinski definition) is 5. The highest BCUT2D eigenvalue weighted by atomic mass is 79.9. The Kier molecular flexibility index (Phi) is 6.13. The predicted octanol–water partition coefficient (Wildman–Crippen LogP) is 7.05. The number of rotatable bonds is 5. The number of nitrogens with one attached hydrogen (secondary N) is 1. The minimum atomic E-state index is -0.444. The average molecular weight is 515 g/mol. The van der Waals surface area contributed by atoms with Crippen LogP contribution in [-0.4, -0.2) is 15.8 Å². The van der Waals surface area contributed by atoms with Crippen LogP contribution < -0.4 is 5.32 Å². The first-order chi connectivity index (χ1) is 14.9. The van der Waals surface area contributed by atoms with Crippen LogP contribution in [0.3, 0.4) is 0 Å². The molecule has 0 atom stereocenters. The lowest BCUT2D eigenvalue weighted by atomic mass is 10.1. The second kappa shape index (κ2) is 8.97. The van der Waals surface area contributed by atoms with Crippen LogP contribution in [-0.2, 0) is 0 Å². The molecule has 1 heterocycles. The monoisotopic (exact) mass is 513 g/mol. The molecule has 4 rings (SSSR count). The van der Waals surface area contributed by atoms with Crippen molar-refractivity contribution in [2.45, 2.75) is 0 Å². The smallest absolute Gasteiger partial charge is 0.269 e. The van der Waals surface area contributed by atoms with E-state index in [1.54, 1.807) is 48.5 Å². The van der Waals surface area contributed by atoms with Gasteiger partial charge in [-0.3, -0.25) is 20.2 Å². The third-order valence-corrected chi connectivity index (χ3v) is 6.21. The number of nitro groups is 1. The molecule has 1 amide bonds. The van der Waals surface area contributed by atoms with Crippen molar-refractivity contribution >= 4 is 55.6 Å². The first-order valence-electron chi connectivity index (χ1n) is 8.99.